The van der Waals surface area contributed by atoms with Crippen molar-refractivity contribution in [3.63, 3.8) is 0 Å². The molecule has 3 aromatic rings. The topological polar surface area (TPSA) is 129 Å². The van der Waals surface area contributed by atoms with E-state index in [9.17, 15) is 9.59 Å². The van der Waals surface area contributed by atoms with Crippen molar-refractivity contribution in [3.8, 4) is 6.19 Å². The molecule has 2 aromatic heterocycles. The number of nitriles is 1. The van der Waals surface area contributed by atoms with Crippen molar-refractivity contribution in [1.29, 1.82) is 5.26 Å². The van der Waals surface area contributed by atoms with Crippen LogP contribution < -0.4 is 11.1 Å². The molecule has 2 amide bonds. The van der Waals surface area contributed by atoms with E-state index < -0.39 is 0 Å². The van der Waals surface area contributed by atoms with Gasteiger partial charge in [-0.05, 0) is 30.7 Å². The van der Waals surface area contributed by atoms with Gasteiger partial charge in [0, 0.05) is 30.5 Å². The van der Waals surface area contributed by atoms with Crippen LogP contribution in [0.25, 0.3) is 5.65 Å². The molecule has 0 saturated carbocycles. The molecule has 4 rings (SSSR count). The summed E-state index contributed by atoms with van der Waals surface area (Å²) >= 11 is 0. The van der Waals surface area contributed by atoms with Crippen LogP contribution in [0.3, 0.4) is 0 Å². The fourth-order valence-corrected chi connectivity index (χ4v) is 3.19. The van der Waals surface area contributed by atoms with Gasteiger partial charge in [-0.2, -0.15) is 10.3 Å². The zero-order valence-corrected chi connectivity index (χ0v) is 16.2. The second kappa shape index (κ2) is 7.67. The molecule has 0 spiro atoms. The van der Waals surface area contributed by atoms with E-state index in [0.717, 1.165) is 5.56 Å². The number of hydrogen-bond donors (Lipinski definition) is 2. The summed E-state index contributed by atoms with van der Waals surface area (Å²) in [5.41, 5.74) is 9.03. The van der Waals surface area contributed by atoms with E-state index in [1.54, 1.807) is 28.8 Å². The van der Waals surface area contributed by atoms with Crippen molar-refractivity contribution in [1.82, 2.24) is 14.3 Å². The van der Waals surface area contributed by atoms with Gasteiger partial charge < -0.3 is 16.0 Å². The number of likely N-dealkylation sites (tertiary alicyclic amines) is 1. The third-order valence-electron chi connectivity index (χ3n) is 5.03. The number of carbonyl (C=O) groups is 2. The second-order valence-electron chi connectivity index (χ2n) is 7.09. The van der Waals surface area contributed by atoms with Gasteiger partial charge in [0.2, 0.25) is 0 Å². The minimum Gasteiger partial charge on any atom is -0.383 e. The predicted molar refractivity (Wildman–Crippen MR) is 111 cm³/mol. The van der Waals surface area contributed by atoms with Gasteiger partial charge in [-0.3, -0.25) is 14.0 Å². The summed E-state index contributed by atoms with van der Waals surface area (Å²) < 4.78 is 1.70. The van der Waals surface area contributed by atoms with Gasteiger partial charge in [0.25, 0.3) is 11.8 Å². The monoisotopic (exact) mass is 401 g/mol. The number of imidazole rings is 1. The lowest BCUT2D eigenvalue weighted by Gasteiger charge is -2.32. The number of carbonyl (C=O) groups excluding carboxylic acids is 2. The molecule has 0 unspecified atom stereocenters. The van der Waals surface area contributed by atoms with E-state index in [4.69, 9.17) is 11.0 Å². The molecule has 1 fully saturated rings. The van der Waals surface area contributed by atoms with Crippen LogP contribution >= 0.6 is 0 Å². The molecule has 0 radical (unpaired) electrons. The number of anilines is 1. The van der Waals surface area contributed by atoms with Crippen LogP contribution in [0, 0.1) is 24.3 Å². The van der Waals surface area contributed by atoms with E-state index in [1.807, 2.05) is 31.3 Å². The van der Waals surface area contributed by atoms with Gasteiger partial charge >= 0.3 is 0 Å². The molecule has 30 heavy (non-hydrogen) atoms. The lowest BCUT2D eigenvalue weighted by Crippen LogP contribution is -2.47. The van der Waals surface area contributed by atoms with Gasteiger partial charge in [-0.15, -0.1) is 0 Å². The smallest absolute Gasteiger partial charge is 0.274 e. The summed E-state index contributed by atoms with van der Waals surface area (Å²) in [6, 6.07) is 10.7. The Balaban J connectivity index is 1.53. The van der Waals surface area contributed by atoms with Crippen molar-refractivity contribution in [2.24, 2.45) is 16.6 Å². The number of aliphatic imine (C=N–C) groups is 1. The Morgan fingerprint density at radius 2 is 2.10 bits per heavy atom. The summed E-state index contributed by atoms with van der Waals surface area (Å²) in [5, 5.41) is 11.6. The SMILES string of the molecule is Cc1ccc(C(N)=NC(=O)C2CN(C#N)C2)cc1NC(=O)c1cnc2ccccn12. The molecule has 3 N–H and O–H groups in total. The van der Waals surface area contributed by atoms with Gasteiger partial charge in [0.05, 0.1) is 12.1 Å². The van der Waals surface area contributed by atoms with Crippen LogP contribution in [0.2, 0.25) is 0 Å². The summed E-state index contributed by atoms with van der Waals surface area (Å²) in [5.74, 6) is -0.911. The number of nitrogens with two attached hydrogens (primary N) is 1. The highest BCUT2D eigenvalue weighted by Crippen LogP contribution is 2.20. The fraction of sp³-hybridized carbons (Fsp3) is 0.190. The van der Waals surface area contributed by atoms with E-state index in [-0.39, 0.29) is 23.6 Å². The molecular weight excluding hydrogens is 382 g/mol. The maximum atomic E-state index is 12.8. The number of aryl methyl sites for hydroxylation is 1. The highest BCUT2D eigenvalue weighted by Gasteiger charge is 2.32. The van der Waals surface area contributed by atoms with Crippen molar-refractivity contribution < 1.29 is 9.59 Å². The number of benzene rings is 1. The third-order valence-corrected chi connectivity index (χ3v) is 5.03. The molecule has 0 atom stereocenters. The average molecular weight is 401 g/mol. The number of aromatic nitrogens is 2. The van der Waals surface area contributed by atoms with Crippen LogP contribution in [-0.2, 0) is 4.79 Å². The Morgan fingerprint density at radius 1 is 1.30 bits per heavy atom. The molecule has 1 saturated heterocycles. The van der Waals surface area contributed by atoms with Crippen molar-refractivity contribution >= 4 is 29.0 Å². The quantitative estimate of drug-likeness (QED) is 0.388. The zero-order valence-electron chi connectivity index (χ0n) is 16.2. The fourth-order valence-electron chi connectivity index (χ4n) is 3.19. The Labute approximate surface area is 172 Å². The first-order valence-electron chi connectivity index (χ1n) is 9.33. The van der Waals surface area contributed by atoms with E-state index in [1.165, 1.54) is 11.1 Å². The number of nitrogens with one attached hydrogen (secondary N) is 1. The number of amides is 2. The van der Waals surface area contributed by atoms with Crippen LogP contribution in [0.15, 0.2) is 53.8 Å². The average Bonchev–Trinajstić information content (AvgIpc) is 3.13. The van der Waals surface area contributed by atoms with Crippen molar-refractivity contribution in [2.45, 2.75) is 6.92 Å². The molecule has 150 valence electrons. The highest BCUT2D eigenvalue weighted by atomic mass is 16.2. The molecule has 1 aliphatic heterocycles. The minimum absolute atomic E-state index is 0.0701. The van der Waals surface area contributed by atoms with Gasteiger partial charge in [-0.1, -0.05) is 18.2 Å². The van der Waals surface area contributed by atoms with Crippen molar-refractivity contribution in [3.05, 3.63) is 65.6 Å². The number of hydrogen-bond acceptors (Lipinski definition) is 5. The van der Waals surface area contributed by atoms with Crippen LogP contribution in [0.1, 0.15) is 21.6 Å². The van der Waals surface area contributed by atoms with Gasteiger partial charge in [0.1, 0.15) is 17.2 Å². The van der Waals surface area contributed by atoms with E-state index >= 15 is 0 Å². The number of nitrogens with zero attached hydrogens (tertiary/aromatic N) is 5. The van der Waals surface area contributed by atoms with Gasteiger partial charge in [0.15, 0.2) is 6.19 Å². The molecule has 0 bridgehead atoms. The highest BCUT2D eigenvalue weighted by molar-refractivity contribution is 6.07. The summed E-state index contributed by atoms with van der Waals surface area (Å²) in [7, 11) is 0. The van der Waals surface area contributed by atoms with E-state index in [0.29, 0.717) is 35.7 Å². The standard InChI is InChI=1S/C21H19N7O2/c1-13-5-6-14(19(23)26-20(29)15-10-27(11-15)12-22)8-16(13)25-21(30)17-9-24-18-4-2-3-7-28(17)18/h2-9,15H,10-11H2,1H3,(H,25,30)(H2,23,26,29). The van der Waals surface area contributed by atoms with Crippen LogP contribution in [0.4, 0.5) is 5.69 Å². The largest absolute Gasteiger partial charge is 0.383 e. The van der Waals surface area contributed by atoms with Crippen LogP contribution in [0.5, 0.6) is 0 Å². The lowest BCUT2D eigenvalue weighted by atomic mass is 10.0. The summed E-state index contributed by atoms with van der Waals surface area (Å²) in [6.07, 6.45) is 5.26. The molecule has 9 nitrogen and oxygen atoms in total. The maximum absolute atomic E-state index is 12.8. The molecule has 1 aliphatic rings. The molecule has 3 heterocycles. The normalized spacial score (nSPS) is 14.3. The van der Waals surface area contributed by atoms with Crippen molar-refractivity contribution in [2.75, 3.05) is 18.4 Å². The predicted octanol–water partition coefficient (Wildman–Crippen LogP) is 1.54. The first kappa shape index (κ1) is 19.1. The first-order valence-corrected chi connectivity index (χ1v) is 9.33. The first-order chi connectivity index (χ1) is 14.5. The number of rotatable bonds is 4. The number of amidine groups is 1. The number of pyridine rings is 1. The Kier molecular flexibility index (Phi) is 4.90. The molecule has 0 aliphatic carbocycles. The summed E-state index contributed by atoms with van der Waals surface area (Å²) in [4.78, 5) is 34.7. The van der Waals surface area contributed by atoms with Crippen LogP contribution in [-0.4, -0.2) is 45.0 Å². The summed E-state index contributed by atoms with van der Waals surface area (Å²) in [6.45, 7) is 2.58. The Hall–Kier alpha value is -4.19. The molecule has 9 heteroatoms. The Morgan fingerprint density at radius 3 is 2.87 bits per heavy atom. The Bertz CT molecular complexity index is 1220. The molecular formula is C21H19N7O2. The number of fused-ring (bicyclic) bond motifs is 1. The lowest BCUT2D eigenvalue weighted by molar-refractivity contribution is -0.125. The van der Waals surface area contributed by atoms with E-state index in [2.05, 4.69) is 15.3 Å². The third kappa shape index (κ3) is 3.58. The zero-order chi connectivity index (χ0) is 21.3. The maximum Gasteiger partial charge on any atom is 0.274 e. The van der Waals surface area contributed by atoms with Gasteiger partial charge in [-0.25, -0.2) is 4.98 Å². The second-order valence-corrected chi connectivity index (χ2v) is 7.09. The minimum atomic E-state index is -0.351. The molecule has 1 aromatic carbocycles.